The summed E-state index contributed by atoms with van der Waals surface area (Å²) in [7, 11) is 0. The van der Waals surface area contributed by atoms with Crippen molar-refractivity contribution in [2.24, 2.45) is 0 Å². The first-order valence-corrected chi connectivity index (χ1v) is 5.21. The second-order valence-corrected chi connectivity index (χ2v) is 3.77. The summed E-state index contributed by atoms with van der Waals surface area (Å²) < 4.78 is 1.58. The Bertz CT molecular complexity index is 672. The number of hydrogen-bond acceptors (Lipinski definition) is 4. The van der Waals surface area contributed by atoms with Gasteiger partial charge < -0.3 is 11.5 Å². The lowest BCUT2D eigenvalue weighted by molar-refractivity contribution is 0.958. The van der Waals surface area contributed by atoms with Crippen molar-refractivity contribution in [1.82, 2.24) is 14.6 Å². The maximum atomic E-state index is 5.83. The van der Waals surface area contributed by atoms with Gasteiger partial charge in [-0.3, -0.25) is 0 Å². The van der Waals surface area contributed by atoms with E-state index < -0.39 is 0 Å². The van der Waals surface area contributed by atoms with Crippen LogP contribution in [0.2, 0.25) is 0 Å². The van der Waals surface area contributed by atoms with Crippen molar-refractivity contribution in [2.45, 2.75) is 0 Å². The van der Waals surface area contributed by atoms with Crippen LogP contribution in [-0.2, 0) is 0 Å². The molecule has 17 heavy (non-hydrogen) atoms. The van der Waals surface area contributed by atoms with Gasteiger partial charge in [-0.1, -0.05) is 30.3 Å². The second kappa shape index (κ2) is 3.48. The Kier molecular flexibility index (Phi) is 1.98. The lowest BCUT2D eigenvalue weighted by atomic mass is 10.2. The smallest absolute Gasteiger partial charge is 0.160 e. The summed E-state index contributed by atoms with van der Waals surface area (Å²) in [6, 6.07) is 13.3. The Hall–Kier alpha value is -2.56. The minimum Gasteiger partial charge on any atom is -0.384 e. The van der Waals surface area contributed by atoms with Gasteiger partial charge in [0.25, 0.3) is 0 Å². The summed E-state index contributed by atoms with van der Waals surface area (Å²) in [6.45, 7) is 0. The zero-order valence-corrected chi connectivity index (χ0v) is 9.04. The fourth-order valence-corrected chi connectivity index (χ4v) is 1.77. The van der Waals surface area contributed by atoms with Crippen LogP contribution in [0.15, 0.2) is 42.5 Å². The lowest BCUT2D eigenvalue weighted by Crippen LogP contribution is -2.02. The van der Waals surface area contributed by atoms with E-state index in [1.807, 2.05) is 36.4 Å². The SMILES string of the molecule is Nc1cc(N)n2nc(-c3ccccc3)cc2n1. The Balaban J connectivity index is 2.24. The van der Waals surface area contributed by atoms with E-state index >= 15 is 0 Å². The zero-order valence-electron chi connectivity index (χ0n) is 9.04. The van der Waals surface area contributed by atoms with E-state index in [0.717, 1.165) is 11.3 Å². The van der Waals surface area contributed by atoms with Crippen LogP contribution in [0.4, 0.5) is 11.6 Å². The van der Waals surface area contributed by atoms with Crippen LogP contribution < -0.4 is 11.5 Å². The molecule has 0 aliphatic carbocycles. The van der Waals surface area contributed by atoms with E-state index in [2.05, 4.69) is 10.1 Å². The zero-order chi connectivity index (χ0) is 11.8. The molecule has 0 amide bonds. The van der Waals surface area contributed by atoms with Gasteiger partial charge >= 0.3 is 0 Å². The molecule has 0 bridgehead atoms. The molecule has 4 N–H and O–H groups in total. The van der Waals surface area contributed by atoms with Crippen molar-refractivity contribution in [2.75, 3.05) is 11.5 Å². The van der Waals surface area contributed by atoms with Crippen molar-refractivity contribution in [3.63, 3.8) is 0 Å². The normalized spacial score (nSPS) is 10.8. The van der Waals surface area contributed by atoms with Crippen molar-refractivity contribution < 1.29 is 0 Å². The van der Waals surface area contributed by atoms with Crippen molar-refractivity contribution in [3.05, 3.63) is 42.5 Å². The highest BCUT2D eigenvalue weighted by Crippen LogP contribution is 2.20. The van der Waals surface area contributed by atoms with Crippen LogP contribution in [0.25, 0.3) is 16.9 Å². The largest absolute Gasteiger partial charge is 0.384 e. The summed E-state index contributed by atoms with van der Waals surface area (Å²) in [4.78, 5) is 4.18. The van der Waals surface area contributed by atoms with Crippen molar-refractivity contribution >= 4 is 17.3 Å². The van der Waals surface area contributed by atoms with Gasteiger partial charge in [0.05, 0.1) is 5.69 Å². The molecule has 5 nitrogen and oxygen atoms in total. The van der Waals surface area contributed by atoms with Crippen LogP contribution in [0, 0.1) is 0 Å². The number of nitrogens with zero attached hydrogens (tertiary/aromatic N) is 3. The van der Waals surface area contributed by atoms with E-state index in [0.29, 0.717) is 17.3 Å². The van der Waals surface area contributed by atoms with E-state index in [9.17, 15) is 0 Å². The Labute approximate surface area is 97.7 Å². The molecule has 0 fully saturated rings. The summed E-state index contributed by atoms with van der Waals surface area (Å²) in [5.74, 6) is 0.879. The highest BCUT2D eigenvalue weighted by Gasteiger charge is 2.07. The number of hydrogen-bond donors (Lipinski definition) is 2. The highest BCUT2D eigenvalue weighted by atomic mass is 15.3. The van der Waals surface area contributed by atoms with Crippen molar-refractivity contribution in [3.8, 4) is 11.3 Å². The summed E-state index contributed by atoms with van der Waals surface area (Å²) in [5.41, 5.74) is 14.0. The molecule has 0 unspecified atom stereocenters. The standard InChI is InChI=1S/C12H11N5/c13-10-7-11(14)17-12(15-10)6-9(16-17)8-4-2-1-3-5-8/h1-7H,14H2,(H2,13,15). The number of aromatic nitrogens is 3. The van der Waals surface area contributed by atoms with E-state index in [1.165, 1.54) is 0 Å². The van der Waals surface area contributed by atoms with Gasteiger partial charge in [-0.25, -0.2) is 4.98 Å². The van der Waals surface area contributed by atoms with Gasteiger partial charge in [-0.2, -0.15) is 9.61 Å². The summed E-state index contributed by atoms with van der Waals surface area (Å²) >= 11 is 0. The topological polar surface area (TPSA) is 82.2 Å². The van der Waals surface area contributed by atoms with Gasteiger partial charge in [-0.15, -0.1) is 0 Å². The molecule has 0 radical (unpaired) electrons. The molecule has 0 saturated heterocycles. The number of nitrogen functional groups attached to an aromatic ring is 2. The summed E-state index contributed by atoms with van der Waals surface area (Å²) in [5, 5.41) is 4.40. The third-order valence-corrected chi connectivity index (χ3v) is 2.54. The number of anilines is 2. The molecule has 2 aromatic heterocycles. The van der Waals surface area contributed by atoms with E-state index in [1.54, 1.807) is 10.6 Å². The van der Waals surface area contributed by atoms with Gasteiger partial charge in [0.2, 0.25) is 0 Å². The average molecular weight is 225 g/mol. The molecular formula is C12H11N5. The fraction of sp³-hybridized carbons (Fsp3) is 0. The van der Waals surface area contributed by atoms with Crippen LogP contribution >= 0.6 is 0 Å². The number of benzene rings is 1. The molecule has 3 rings (SSSR count). The molecule has 0 aliphatic heterocycles. The number of fused-ring (bicyclic) bond motifs is 1. The molecule has 3 aromatic rings. The highest BCUT2D eigenvalue weighted by molar-refractivity contribution is 5.66. The van der Waals surface area contributed by atoms with Crippen LogP contribution in [0.3, 0.4) is 0 Å². The molecule has 1 aromatic carbocycles. The quantitative estimate of drug-likeness (QED) is 0.658. The predicted molar refractivity (Wildman–Crippen MR) is 67.2 cm³/mol. The third-order valence-electron chi connectivity index (χ3n) is 2.54. The molecule has 2 heterocycles. The Morgan fingerprint density at radius 3 is 2.53 bits per heavy atom. The molecule has 0 saturated carbocycles. The first-order chi connectivity index (χ1) is 8.24. The molecule has 0 aliphatic rings. The van der Waals surface area contributed by atoms with E-state index in [-0.39, 0.29) is 0 Å². The Morgan fingerprint density at radius 2 is 1.76 bits per heavy atom. The van der Waals surface area contributed by atoms with Crippen LogP contribution in [-0.4, -0.2) is 14.6 Å². The average Bonchev–Trinajstić information content (AvgIpc) is 2.74. The van der Waals surface area contributed by atoms with Crippen molar-refractivity contribution in [1.29, 1.82) is 0 Å². The number of rotatable bonds is 1. The molecule has 0 spiro atoms. The number of nitrogens with two attached hydrogens (primary N) is 2. The molecule has 0 atom stereocenters. The fourth-order valence-electron chi connectivity index (χ4n) is 1.77. The lowest BCUT2D eigenvalue weighted by Gasteiger charge is -1.98. The minimum atomic E-state index is 0.398. The van der Waals surface area contributed by atoms with Crippen LogP contribution in [0.1, 0.15) is 0 Å². The maximum absolute atomic E-state index is 5.83. The predicted octanol–water partition coefficient (Wildman–Crippen LogP) is 1.56. The molecular weight excluding hydrogens is 214 g/mol. The molecule has 84 valence electrons. The van der Waals surface area contributed by atoms with Gasteiger partial charge in [0, 0.05) is 17.7 Å². The maximum Gasteiger partial charge on any atom is 0.160 e. The first-order valence-electron chi connectivity index (χ1n) is 5.21. The Morgan fingerprint density at radius 1 is 1.00 bits per heavy atom. The third kappa shape index (κ3) is 1.57. The van der Waals surface area contributed by atoms with Crippen LogP contribution in [0.5, 0.6) is 0 Å². The molecule has 5 heteroatoms. The van der Waals surface area contributed by atoms with E-state index in [4.69, 9.17) is 11.5 Å². The van der Waals surface area contributed by atoms with Gasteiger partial charge in [0.15, 0.2) is 5.65 Å². The monoisotopic (exact) mass is 225 g/mol. The van der Waals surface area contributed by atoms with Gasteiger partial charge in [-0.05, 0) is 0 Å². The summed E-state index contributed by atoms with van der Waals surface area (Å²) in [6.07, 6.45) is 0. The second-order valence-electron chi connectivity index (χ2n) is 3.77. The van der Waals surface area contributed by atoms with Gasteiger partial charge in [0.1, 0.15) is 11.6 Å². The minimum absolute atomic E-state index is 0.398. The first kappa shape index (κ1) is 9.65.